The highest BCUT2D eigenvalue weighted by atomic mass is 16.5. The highest BCUT2D eigenvalue weighted by molar-refractivity contribution is 6.36. The lowest BCUT2D eigenvalue weighted by atomic mass is 9.72. The molecule has 1 saturated heterocycles. The molecule has 466 valence electrons. The molecule has 15 nitrogen and oxygen atoms in total. The predicted octanol–water partition coefficient (Wildman–Crippen LogP) is 14.7. The number of benzene rings is 4. The van der Waals surface area contributed by atoms with Crippen LogP contribution in [0.3, 0.4) is 0 Å². The predicted molar refractivity (Wildman–Crippen MR) is 339 cm³/mol. The quantitative estimate of drug-likeness (QED) is 0.0184. The van der Waals surface area contributed by atoms with Gasteiger partial charge in [0.1, 0.15) is 53.3 Å². The number of phenolic OH excluding ortho intramolecular Hbond substituents is 5. The molecule has 4 aromatic rings. The molecule has 0 radical (unpaired) electrons. The van der Waals surface area contributed by atoms with E-state index in [1.165, 1.54) is 43.6 Å². The molecule has 15 heteroatoms. The van der Waals surface area contributed by atoms with Crippen molar-refractivity contribution in [3.63, 3.8) is 0 Å². The van der Waals surface area contributed by atoms with Crippen molar-refractivity contribution in [2.75, 3.05) is 6.61 Å². The van der Waals surface area contributed by atoms with Crippen molar-refractivity contribution in [2.45, 2.75) is 203 Å². The highest BCUT2D eigenvalue weighted by Gasteiger charge is 2.53. The first-order valence-corrected chi connectivity index (χ1v) is 30.1. The SMILES string of the molecule is CC(=O)OC(C=C(C)C)C/C(C)=C/CC/C(C)=C/CC/C(C)=C/CC1(O)C(=O)c2c(O)c(C)c(O)c3c(COc4c(C)c(O)c5c(C)cc(O)c6c5c4C(=O)C(O)(C/C=C(\C)CC/C=C(\C)CC/C=C4\COC(C=C(C)C)C4)C6=O)cc(O)c(c23)C1O. The molecule has 5 atom stereocenters. The van der Waals surface area contributed by atoms with Crippen molar-refractivity contribution >= 4 is 44.9 Å². The maximum atomic E-state index is 15.0. The summed E-state index contributed by atoms with van der Waals surface area (Å²) >= 11 is 0. The lowest BCUT2D eigenvalue weighted by Crippen LogP contribution is -2.49. The minimum Gasteiger partial charge on any atom is -0.508 e. The third-order valence-corrected chi connectivity index (χ3v) is 17.1. The second-order valence-corrected chi connectivity index (χ2v) is 25.0. The number of hydrogen-bond donors (Lipinski definition) is 8. The zero-order valence-electron chi connectivity index (χ0n) is 52.8. The van der Waals surface area contributed by atoms with Crippen LogP contribution in [-0.2, 0) is 20.9 Å². The van der Waals surface area contributed by atoms with Gasteiger partial charge in [0, 0.05) is 76.4 Å². The molecule has 0 aromatic heterocycles. The number of aliphatic hydroxyl groups excluding tert-OH is 1. The van der Waals surface area contributed by atoms with Crippen LogP contribution in [0.1, 0.15) is 211 Å². The largest absolute Gasteiger partial charge is 0.508 e. The molecule has 7 rings (SSSR count). The number of phenols is 5. The van der Waals surface area contributed by atoms with Gasteiger partial charge in [0.25, 0.3) is 0 Å². The average Bonchev–Trinajstić information content (AvgIpc) is 1.23. The first kappa shape index (κ1) is 67.0. The number of carbonyl (C=O) groups excluding carboxylic acids is 4. The number of aromatic hydroxyl groups is 5. The van der Waals surface area contributed by atoms with Gasteiger partial charge in [-0.3, -0.25) is 19.2 Å². The smallest absolute Gasteiger partial charge is 0.303 e. The fourth-order valence-electron chi connectivity index (χ4n) is 12.2. The van der Waals surface area contributed by atoms with Gasteiger partial charge < -0.3 is 55.1 Å². The maximum absolute atomic E-state index is 15.0. The van der Waals surface area contributed by atoms with Gasteiger partial charge in [0.05, 0.1) is 29.4 Å². The van der Waals surface area contributed by atoms with Gasteiger partial charge in [-0.25, -0.2) is 0 Å². The first-order chi connectivity index (χ1) is 40.9. The van der Waals surface area contributed by atoms with Crippen LogP contribution in [0.5, 0.6) is 34.5 Å². The molecular formula is C72H88O15. The third-order valence-electron chi connectivity index (χ3n) is 17.1. The topological polar surface area (TPSA) is 258 Å². The molecule has 8 N–H and O–H groups in total. The zero-order chi connectivity index (χ0) is 64.1. The number of esters is 1. The molecule has 2 aliphatic carbocycles. The van der Waals surface area contributed by atoms with Gasteiger partial charge in [-0.05, 0) is 164 Å². The number of allylic oxidation sites excluding steroid dienone is 10. The number of carbonyl (C=O) groups is 4. The van der Waals surface area contributed by atoms with Gasteiger partial charge in [0.2, 0.25) is 17.3 Å². The van der Waals surface area contributed by atoms with Crippen LogP contribution in [0, 0.1) is 20.8 Å². The van der Waals surface area contributed by atoms with Gasteiger partial charge in [0.15, 0.2) is 11.2 Å². The fraction of sp³-hybridized carbons (Fsp3) is 0.444. The van der Waals surface area contributed by atoms with Crippen molar-refractivity contribution in [1.82, 2.24) is 0 Å². The molecule has 1 fully saturated rings. The van der Waals surface area contributed by atoms with Crippen LogP contribution >= 0.6 is 0 Å². The Labute approximate surface area is 511 Å². The Morgan fingerprint density at radius 1 is 0.632 bits per heavy atom. The standard InChI is InChI=1S/C72H88O15/c1-38(2)30-51-34-49(36-85-51)25-17-23-41(6)19-15-22-43(8)27-29-72(84)67(79)57-53(74)33-45(10)55-59(57)62(70(72)82)66(47(12)65(55)78)86-37-50-35-54(75)58-60-56(50)63(76)46(11)64(77)61(60)69(81)71(83,68(58)80)28-26-42(7)21-14-18-40(5)20-16-24-44(9)32-52(31-39(3)4)87-48(13)73/h18-19,24-27,30-31,33,35,51-52,68,74-78,80,83-84H,14-17,20-23,28-29,32,34,36-37H2,1-13H3/b40-18+,41-19+,42-26+,43-27+,44-24+,49-25-. The minimum atomic E-state index is -2.73. The number of rotatable bonds is 24. The van der Waals surface area contributed by atoms with E-state index in [2.05, 4.69) is 51.2 Å². The summed E-state index contributed by atoms with van der Waals surface area (Å²) in [5.74, 6) is -6.54. The molecule has 87 heavy (non-hydrogen) atoms. The molecular weight excluding hydrogens is 1100 g/mol. The van der Waals surface area contributed by atoms with Crippen LogP contribution < -0.4 is 4.74 Å². The van der Waals surface area contributed by atoms with E-state index in [0.717, 1.165) is 66.0 Å². The summed E-state index contributed by atoms with van der Waals surface area (Å²) < 4.78 is 17.8. The number of aliphatic hydroxyl groups is 3. The molecule has 4 aromatic carbocycles. The van der Waals surface area contributed by atoms with Crippen LogP contribution in [0.25, 0.3) is 21.5 Å². The van der Waals surface area contributed by atoms with Crippen molar-refractivity contribution in [2.24, 2.45) is 0 Å². The maximum Gasteiger partial charge on any atom is 0.303 e. The number of ketones is 3. The van der Waals surface area contributed by atoms with Crippen LogP contribution in [-0.4, -0.2) is 94.2 Å². The molecule has 1 aliphatic heterocycles. The molecule has 0 bridgehead atoms. The summed E-state index contributed by atoms with van der Waals surface area (Å²) in [6.45, 7) is 23.7. The van der Waals surface area contributed by atoms with Crippen molar-refractivity contribution in [1.29, 1.82) is 0 Å². The minimum absolute atomic E-state index is 0.0131. The molecule has 1 heterocycles. The van der Waals surface area contributed by atoms with E-state index in [0.29, 0.717) is 44.3 Å². The lowest BCUT2D eigenvalue weighted by Gasteiger charge is -2.37. The lowest BCUT2D eigenvalue weighted by molar-refractivity contribution is -0.144. The molecule has 5 unspecified atom stereocenters. The summed E-state index contributed by atoms with van der Waals surface area (Å²) in [5.41, 5.74) is 2.06. The summed E-state index contributed by atoms with van der Waals surface area (Å²) in [5, 5.41) is 94.6. The van der Waals surface area contributed by atoms with E-state index >= 15 is 4.79 Å². The number of Topliss-reactive ketones (excluding diaryl/α,β-unsaturated/α-hetero) is 3. The van der Waals surface area contributed by atoms with E-state index in [4.69, 9.17) is 14.2 Å². The third kappa shape index (κ3) is 14.4. The zero-order valence-corrected chi connectivity index (χ0v) is 52.8. The molecule has 0 saturated carbocycles. The Bertz CT molecular complexity index is 3680. The van der Waals surface area contributed by atoms with E-state index in [1.807, 2.05) is 47.6 Å². The average molecular weight is 1190 g/mol. The number of hydrogen-bond acceptors (Lipinski definition) is 15. The number of ether oxygens (including phenoxy) is 3. The summed E-state index contributed by atoms with van der Waals surface area (Å²) in [6, 6.07) is 2.44. The fourth-order valence-corrected chi connectivity index (χ4v) is 12.2. The summed E-state index contributed by atoms with van der Waals surface area (Å²) in [7, 11) is 0. The Balaban J connectivity index is 1.11. The second kappa shape index (κ2) is 27.6. The Morgan fingerprint density at radius 2 is 1.20 bits per heavy atom. The number of aryl methyl sites for hydroxylation is 1. The monoisotopic (exact) mass is 1190 g/mol. The van der Waals surface area contributed by atoms with Crippen molar-refractivity contribution in [3.8, 4) is 34.5 Å². The first-order valence-electron chi connectivity index (χ1n) is 30.1. The Morgan fingerprint density at radius 3 is 1.79 bits per heavy atom. The molecule has 3 aliphatic rings. The van der Waals surface area contributed by atoms with E-state index < -0.39 is 82.7 Å². The van der Waals surface area contributed by atoms with Crippen LogP contribution in [0.15, 0.2) is 105 Å². The van der Waals surface area contributed by atoms with Gasteiger partial charge >= 0.3 is 5.97 Å². The van der Waals surface area contributed by atoms with Crippen molar-refractivity contribution < 1.29 is 74.2 Å². The molecule has 0 amide bonds. The van der Waals surface area contributed by atoms with Crippen LogP contribution in [0.4, 0.5) is 0 Å². The van der Waals surface area contributed by atoms with Crippen LogP contribution in [0.2, 0.25) is 0 Å². The van der Waals surface area contributed by atoms with E-state index in [9.17, 15) is 55.2 Å². The van der Waals surface area contributed by atoms with Gasteiger partial charge in [-0.15, -0.1) is 0 Å². The van der Waals surface area contributed by atoms with E-state index in [1.54, 1.807) is 19.1 Å². The normalized spacial score (nSPS) is 20.9. The summed E-state index contributed by atoms with van der Waals surface area (Å²) in [6.07, 6.45) is 20.2. The van der Waals surface area contributed by atoms with Gasteiger partial charge in [-0.2, -0.15) is 0 Å². The van der Waals surface area contributed by atoms with Gasteiger partial charge in [-0.1, -0.05) is 81.5 Å². The van der Waals surface area contributed by atoms with E-state index in [-0.39, 0.29) is 84.6 Å². The highest BCUT2D eigenvalue weighted by Crippen LogP contribution is 2.55. The molecule has 0 spiro atoms. The Kier molecular flexibility index (Phi) is 21.3. The second-order valence-electron chi connectivity index (χ2n) is 25.0. The van der Waals surface area contributed by atoms with Crippen molar-refractivity contribution in [3.05, 3.63) is 150 Å². The summed E-state index contributed by atoms with van der Waals surface area (Å²) in [4.78, 5) is 55.8. The Hall–Kier alpha value is -7.56.